The number of nitrogens with one attached hydrogen (secondary N) is 1. The Morgan fingerprint density at radius 1 is 1.13 bits per heavy atom. The number of aromatic nitrogens is 2. The van der Waals surface area contributed by atoms with Gasteiger partial charge in [-0.2, -0.15) is 0 Å². The van der Waals surface area contributed by atoms with E-state index >= 15 is 0 Å². The van der Waals surface area contributed by atoms with Crippen LogP contribution >= 0.6 is 0 Å². The molecule has 0 aliphatic carbocycles. The maximum atomic E-state index is 12.7. The van der Waals surface area contributed by atoms with Crippen LogP contribution in [0.5, 0.6) is 0 Å². The number of hydrogen-bond donors (Lipinski definition) is 1. The lowest BCUT2D eigenvalue weighted by atomic mass is 9.98. The second-order valence-corrected chi connectivity index (χ2v) is 11.1. The third kappa shape index (κ3) is 7.12. The van der Waals surface area contributed by atoms with Crippen molar-refractivity contribution in [2.75, 3.05) is 23.3 Å². The number of ether oxygens (including phenoxy) is 1. The lowest BCUT2D eigenvalue weighted by Gasteiger charge is -2.32. The fourth-order valence-corrected chi connectivity index (χ4v) is 4.57. The normalized spacial score (nSPS) is 16.0. The Labute approximate surface area is 225 Å². The van der Waals surface area contributed by atoms with E-state index in [4.69, 9.17) is 9.72 Å². The molecule has 0 radical (unpaired) electrons. The van der Waals surface area contributed by atoms with Crippen molar-refractivity contribution in [3.8, 4) is 0 Å². The van der Waals surface area contributed by atoms with E-state index in [-0.39, 0.29) is 17.8 Å². The summed E-state index contributed by atoms with van der Waals surface area (Å²) in [6, 6.07) is 15.1. The van der Waals surface area contributed by atoms with Gasteiger partial charge in [0.2, 0.25) is 5.95 Å². The minimum Gasteiger partial charge on any atom is -0.457 e. The van der Waals surface area contributed by atoms with Gasteiger partial charge in [-0.15, -0.1) is 0 Å². The molecule has 0 saturated carbocycles. The summed E-state index contributed by atoms with van der Waals surface area (Å²) in [5.41, 5.74) is 3.91. The van der Waals surface area contributed by atoms with Crippen LogP contribution in [0.3, 0.4) is 0 Å². The minimum atomic E-state index is -0.505. The highest BCUT2D eigenvalue weighted by molar-refractivity contribution is 6.05. The smallest absolute Gasteiger partial charge is 0.330 e. The van der Waals surface area contributed by atoms with E-state index < -0.39 is 5.60 Å². The summed E-state index contributed by atoms with van der Waals surface area (Å²) in [6.07, 6.45) is 7.74. The van der Waals surface area contributed by atoms with Crippen LogP contribution in [-0.4, -0.2) is 40.1 Å². The number of hydrogen-bond acceptors (Lipinski definition) is 5. The molecule has 7 nitrogen and oxygen atoms in total. The number of amides is 1. The summed E-state index contributed by atoms with van der Waals surface area (Å²) in [6.45, 7) is 12.1. The van der Waals surface area contributed by atoms with Crippen molar-refractivity contribution in [2.24, 2.45) is 5.92 Å². The summed E-state index contributed by atoms with van der Waals surface area (Å²) in [5, 5.41) is 3.02. The molecule has 1 N–H and O–H groups in total. The zero-order chi connectivity index (χ0) is 27.3. The third-order valence-corrected chi connectivity index (χ3v) is 6.36. The van der Waals surface area contributed by atoms with Crippen molar-refractivity contribution < 1.29 is 14.3 Å². The average Bonchev–Trinajstić information content (AvgIpc) is 3.24. The highest BCUT2D eigenvalue weighted by Crippen LogP contribution is 2.29. The molecule has 1 aliphatic heterocycles. The van der Waals surface area contributed by atoms with Gasteiger partial charge >= 0.3 is 5.97 Å². The number of carbonyl (C=O) groups excluding carboxylic acids is 2. The standard InChI is InChI=1S/C31H38N4O3/c1-22(2)17-19-35-27-20-25(32-29(37)24-11-7-6-8-12-24)14-15-26(27)33-30(35)34-18-9-10-23(21-34)13-16-28(36)38-31(3,4)5/h6-8,11-17,20,23H,9-10,18-19,21H2,1-5H3,(H,32,37)/b16-13-/t23-/m0/s1. The molecule has 0 unspecified atom stereocenters. The van der Waals surface area contributed by atoms with E-state index in [2.05, 4.69) is 34.7 Å². The molecule has 1 atom stereocenters. The molecule has 1 aromatic heterocycles. The van der Waals surface area contributed by atoms with Gasteiger partial charge in [-0.25, -0.2) is 9.78 Å². The molecule has 1 aliphatic rings. The first-order chi connectivity index (χ1) is 18.1. The zero-order valence-corrected chi connectivity index (χ0v) is 23.0. The van der Waals surface area contributed by atoms with E-state index in [9.17, 15) is 9.59 Å². The van der Waals surface area contributed by atoms with Crippen LogP contribution in [-0.2, 0) is 16.1 Å². The number of anilines is 2. The van der Waals surface area contributed by atoms with Crippen LogP contribution < -0.4 is 10.2 Å². The molecule has 1 amide bonds. The van der Waals surface area contributed by atoms with E-state index in [0.717, 1.165) is 48.6 Å². The Kier molecular flexibility index (Phi) is 8.35. The first kappa shape index (κ1) is 27.2. The van der Waals surface area contributed by atoms with Crippen molar-refractivity contribution in [2.45, 2.75) is 59.6 Å². The van der Waals surface area contributed by atoms with Crippen LogP contribution in [0.4, 0.5) is 11.6 Å². The van der Waals surface area contributed by atoms with Crippen molar-refractivity contribution >= 4 is 34.5 Å². The van der Waals surface area contributed by atoms with Crippen LogP contribution in [0.2, 0.25) is 0 Å². The Bertz CT molecular complexity index is 1340. The second kappa shape index (κ2) is 11.7. The second-order valence-electron chi connectivity index (χ2n) is 11.1. The summed E-state index contributed by atoms with van der Waals surface area (Å²) in [7, 11) is 0. The van der Waals surface area contributed by atoms with Crippen LogP contribution in [0.1, 0.15) is 57.8 Å². The Balaban J connectivity index is 1.59. The number of esters is 1. The number of rotatable bonds is 7. The number of carbonyl (C=O) groups is 2. The van der Waals surface area contributed by atoms with Gasteiger partial charge in [0.1, 0.15) is 5.60 Å². The zero-order valence-electron chi connectivity index (χ0n) is 23.0. The monoisotopic (exact) mass is 514 g/mol. The maximum Gasteiger partial charge on any atom is 0.330 e. The molecule has 2 aromatic carbocycles. The summed E-state index contributed by atoms with van der Waals surface area (Å²) in [4.78, 5) is 32.2. The molecule has 4 rings (SSSR count). The van der Waals surface area contributed by atoms with Gasteiger partial charge in [0.25, 0.3) is 5.91 Å². The van der Waals surface area contributed by atoms with Gasteiger partial charge in [0, 0.05) is 37.0 Å². The first-order valence-electron chi connectivity index (χ1n) is 13.3. The topological polar surface area (TPSA) is 76.5 Å². The molecule has 200 valence electrons. The molecule has 3 aromatic rings. The number of piperidine rings is 1. The van der Waals surface area contributed by atoms with Gasteiger partial charge in [-0.1, -0.05) is 35.9 Å². The molecule has 0 spiro atoms. The molecule has 1 fully saturated rings. The third-order valence-electron chi connectivity index (χ3n) is 6.36. The van der Waals surface area contributed by atoms with Crippen LogP contribution in [0.25, 0.3) is 11.0 Å². The van der Waals surface area contributed by atoms with Crippen molar-refractivity contribution in [3.05, 3.63) is 77.9 Å². The van der Waals surface area contributed by atoms with E-state index in [1.54, 1.807) is 18.2 Å². The number of benzene rings is 2. The SMILES string of the molecule is CC(C)=CCn1c(N2CCC[C@@H](/C=C\C(=O)OC(C)(C)C)C2)nc2ccc(NC(=O)c3ccccc3)cc21. The number of allylic oxidation sites excluding steroid dienone is 2. The fraction of sp³-hybridized carbons (Fsp3) is 0.387. The molecular formula is C31H38N4O3. The fourth-order valence-electron chi connectivity index (χ4n) is 4.57. The lowest BCUT2D eigenvalue weighted by Crippen LogP contribution is -2.36. The van der Waals surface area contributed by atoms with Gasteiger partial charge < -0.3 is 19.5 Å². The summed E-state index contributed by atoms with van der Waals surface area (Å²) >= 11 is 0. The van der Waals surface area contributed by atoms with E-state index in [1.165, 1.54) is 5.57 Å². The highest BCUT2D eigenvalue weighted by Gasteiger charge is 2.24. The van der Waals surface area contributed by atoms with E-state index in [0.29, 0.717) is 12.1 Å². The summed E-state index contributed by atoms with van der Waals surface area (Å²) in [5.74, 6) is 0.680. The van der Waals surface area contributed by atoms with Crippen LogP contribution in [0.15, 0.2) is 72.3 Å². The molecule has 2 heterocycles. The Morgan fingerprint density at radius 3 is 2.61 bits per heavy atom. The number of imidazole rings is 1. The molecule has 7 heteroatoms. The van der Waals surface area contributed by atoms with Gasteiger partial charge in [0.15, 0.2) is 0 Å². The van der Waals surface area contributed by atoms with Crippen LogP contribution in [0, 0.1) is 5.92 Å². The largest absolute Gasteiger partial charge is 0.457 e. The Hall–Kier alpha value is -3.87. The molecule has 38 heavy (non-hydrogen) atoms. The maximum absolute atomic E-state index is 12.7. The van der Waals surface area contributed by atoms with Crippen molar-refractivity contribution in [1.29, 1.82) is 0 Å². The van der Waals surface area contributed by atoms with Gasteiger partial charge in [-0.05, 0) is 83.7 Å². The summed E-state index contributed by atoms with van der Waals surface area (Å²) < 4.78 is 7.64. The average molecular weight is 515 g/mol. The number of nitrogens with zero attached hydrogens (tertiary/aromatic N) is 3. The predicted octanol–water partition coefficient (Wildman–Crippen LogP) is 6.37. The van der Waals surface area contributed by atoms with Crippen molar-refractivity contribution in [3.63, 3.8) is 0 Å². The van der Waals surface area contributed by atoms with E-state index in [1.807, 2.05) is 63.2 Å². The minimum absolute atomic E-state index is 0.142. The molecule has 0 bridgehead atoms. The quantitative estimate of drug-likeness (QED) is 0.225. The van der Waals surface area contributed by atoms with Gasteiger partial charge in [0.05, 0.1) is 11.0 Å². The molecular weight excluding hydrogens is 476 g/mol. The highest BCUT2D eigenvalue weighted by atomic mass is 16.6. The molecule has 1 saturated heterocycles. The number of fused-ring (bicyclic) bond motifs is 1. The predicted molar refractivity (Wildman–Crippen MR) is 153 cm³/mol. The van der Waals surface area contributed by atoms with Gasteiger partial charge in [-0.3, -0.25) is 4.79 Å². The lowest BCUT2D eigenvalue weighted by molar-refractivity contribution is -0.148. The first-order valence-corrected chi connectivity index (χ1v) is 13.3. The Morgan fingerprint density at radius 2 is 1.89 bits per heavy atom. The van der Waals surface area contributed by atoms with Crippen molar-refractivity contribution in [1.82, 2.24) is 9.55 Å².